The third-order valence-corrected chi connectivity index (χ3v) is 4.08. The van der Waals surface area contributed by atoms with Gasteiger partial charge in [0.15, 0.2) is 0 Å². The largest absolute Gasteiger partial charge is 0.336 e. The van der Waals surface area contributed by atoms with Gasteiger partial charge in [0.05, 0.1) is 25.4 Å². The number of piperidine rings is 1. The normalized spacial score (nSPS) is 35.1. The molecule has 0 aliphatic carbocycles. The van der Waals surface area contributed by atoms with Crippen LogP contribution in [0.15, 0.2) is 0 Å². The lowest BCUT2D eigenvalue weighted by atomic mass is 10.1. The molecule has 0 saturated carbocycles. The van der Waals surface area contributed by atoms with E-state index in [0.717, 1.165) is 12.3 Å². The van der Waals surface area contributed by atoms with Crippen LogP contribution < -0.4 is 4.90 Å². The van der Waals surface area contributed by atoms with E-state index < -0.39 is 10.8 Å². The van der Waals surface area contributed by atoms with E-state index in [2.05, 4.69) is 7.05 Å². The number of rotatable bonds is 2. The van der Waals surface area contributed by atoms with Gasteiger partial charge in [0, 0.05) is 16.6 Å². The van der Waals surface area contributed by atoms with Gasteiger partial charge in [0.2, 0.25) is 0 Å². The molecule has 3 atom stereocenters. The summed E-state index contributed by atoms with van der Waals surface area (Å²) < 4.78 is 11.4. The van der Waals surface area contributed by atoms with Crippen LogP contribution >= 0.6 is 0 Å². The van der Waals surface area contributed by atoms with Crippen LogP contribution in [-0.4, -0.2) is 35.3 Å². The molecule has 0 aromatic carbocycles. The fourth-order valence-corrected chi connectivity index (χ4v) is 3.06. The van der Waals surface area contributed by atoms with Crippen LogP contribution in [0.2, 0.25) is 0 Å². The van der Waals surface area contributed by atoms with Crippen molar-refractivity contribution in [3.8, 4) is 0 Å². The molecular weight excluding hydrogens is 158 g/mol. The highest BCUT2D eigenvalue weighted by Gasteiger charge is 2.23. The van der Waals surface area contributed by atoms with Crippen LogP contribution in [0.3, 0.4) is 0 Å². The van der Waals surface area contributed by atoms with Gasteiger partial charge in [0.1, 0.15) is 0 Å². The Hall–Kier alpha value is 0.110. The van der Waals surface area contributed by atoms with Gasteiger partial charge in [-0.15, -0.1) is 0 Å². The number of likely N-dealkylation sites (tertiary alicyclic amines) is 1. The lowest BCUT2D eigenvalue weighted by Crippen LogP contribution is -3.11. The minimum Gasteiger partial charge on any atom is -0.336 e. The number of hydrogen-bond donors (Lipinski definition) is 1. The Balaban J connectivity index is 2.39. The first-order valence-electron chi connectivity index (χ1n) is 4.42. The number of hydrogen-bond acceptors (Lipinski definition) is 1. The van der Waals surface area contributed by atoms with Crippen LogP contribution in [0.5, 0.6) is 0 Å². The van der Waals surface area contributed by atoms with Crippen molar-refractivity contribution in [3.05, 3.63) is 0 Å². The van der Waals surface area contributed by atoms with Crippen LogP contribution in [-0.2, 0) is 10.8 Å². The highest BCUT2D eigenvalue weighted by atomic mass is 32.2. The van der Waals surface area contributed by atoms with Crippen molar-refractivity contribution in [2.45, 2.75) is 25.0 Å². The zero-order valence-corrected chi connectivity index (χ0v) is 8.25. The Kier molecular flexibility index (Phi) is 3.52. The topological polar surface area (TPSA) is 21.5 Å². The zero-order chi connectivity index (χ0) is 8.27. The van der Waals surface area contributed by atoms with E-state index >= 15 is 0 Å². The quantitative estimate of drug-likeness (QED) is 0.598. The van der Waals surface area contributed by atoms with Crippen molar-refractivity contribution in [3.63, 3.8) is 0 Å². The van der Waals surface area contributed by atoms with Gasteiger partial charge in [-0.05, 0) is 12.8 Å². The first-order valence-corrected chi connectivity index (χ1v) is 5.80. The Morgan fingerprint density at radius 2 is 2.36 bits per heavy atom. The predicted molar refractivity (Wildman–Crippen MR) is 48.3 cm³/mol. The summed E-state index contributed by atoms with van der Waals surface area (Å²) in [5.41, 5.74) is 0. The third-order valence-electron chi connectivity index (χ3n) is 2.36. The van der Waals surface area contributed by atoms with Gasteiger partial charge in [-0.3, -0.25) is 4.21 Å². The van der Waals surface area contributed by atoms with Crippen molar-refractivity contribution < 1.29 is 9.11 Å². The average molecular weight is 176 g/mol. The second-order valence-corrected chi connectivity index (χ2v) is 5.35. The van der Waals surface area contributed by atoms with Gasteiger partial charge in [0.25, 0.3) is 0 Å². The molecule has 11 heavy (non-hydrogen) atoms. The molecule has 0 spiro atoms. The van der Waals surface area contributed by atoms with Crippen molar-refractivity contribution in [2.24, 2.45) is 0 Å². The summed E-state index contributed by atoms with van der Waals surface area (Å²) in [7, 11) is 1.64. The van der Waals surface area contributed by atoms with Crippen molar-refractivity contribution in [1.82, 2.24) is 0 Å². The van der Waals surface area contributed by atoms with Crippen LogP contribution in [0.25, 0.3) is 0 Å². The second-order valence-electron chi connectivity index (χ2n) is 3.34. The molecule has 0 amide bonds. The first-order chi connectivity index (χ1) is 5.24. The van der Waals surface area contributed by atoms with Crippen LogP contribution in [0.1, 0.15) is 19.8 Å². The molecule has 0 aromatic rings. The van der Waals surface area contributed by atoms with Crippen LogP contribution in [0, 0.1) is 0 Å². The van der Waals surface area contributed by atoms with Gasteiger partial charge >= 0.3 is 0 Å². The minimum absolute atomic E-state index is 0.480. The summed E-state index contributed by atoms with van der Waals surface area (Å²) in [6, 6.07) is 0. The molecule has 66 valence electrons. The average Bonchev–Trinajstić information content (AvgIpc) is 2.03. The molecular formula is C8H18NOS+. The fraction of sp³-hybridized carbons (Fsp3) is 1.00. The second kappa shape index (κ2) is 4.21. The molecule has 1 rings (SSSR count). The standard InChI is InChI=1S/C8H17NOS/c1-3-11(10)8-5-4-6-9(2)7-8/h8H,3-7H2,1-2H3/p+1. The van der Waals surface area contributed by atoms with Gasteiger partial charge in [-0.1, -0.05) is 6.92 Å². The molecule has 1 heterocycles. The first kappa shape index (κ1) is 9.20. The Bertz CT molecular complexity index is 149. The molecule has 1 aliphatic heterocycles. The van der Waals surface area contributed by atoms with E-state index in [9.17, 15) is 4.21 Å². The van der Waals surface area contributed by atoms with Crippen molar-refractivity contribution in [1.29, 1.82) is 0 Å². The van der Waals surface area contributed by atoms with Crippen LogP contribution in [0.4, 0.5) is 0 Å². The summed E-state index contributed by atoms with van der Waals surface area (Å²) in [6.45, 7) is 4.39. The molecule has 1 N–H and O–H groups in total. The van der Waals surface area contributed by atoms with Crippen molar-refractivity contribution in [2.75, 3.05) is 25.9 Å². The van der Waals surface area contributed by atoms with E-state index in [4.69, 9.17) is 0 Å². The fourth-order valence-electron chi connectivity index (χ4n) is 1.68. The molecule has 1 aliphatic rings. The minimum atomic E-state index is -0.555. The SMILES string of the molecule is CCS(=O)C1CCC[NH+](C)C1. The lowest BCUT2D eigenvalue weighted by Gasteiger charge is -2.25. The summed E-state index contributed by atoms with van der Waals surface area (Å²) in [6.07, 6.45) is 2.43. The summed E-state index contributed by atoms with van der Waals surface area (Å²) in [5.74, 6) is 0.831. The molecule has 1 fully saturated rings. The van der Waals surface area contributed by atoms with E-state index in [1.54, 1.807) is 4.90 Å². The number of quaternary nitrogens is 1. The maximum absolute atomic E-state index is 11.4. The molecule has 0 aromatic heterocycles. The summed E-state index contributed by atoms with van der Waals surface area (Å²) in [5, 5.41) is 0.480. The van der Waals surface area contributed by atoms with E-state index in [0.29, 0.717) is 5.25 Å². The molecule has 2 nitrogen and oxygen atoms in total. The summed E-state index contributed by atoms with van der Waals surface area (Å²) in [4.78, 5) is 1.54. The molecule has 3 unspecified atom stereocenters. The zero-order valence-electron chi connectivity index (χ0n) is 7.43. The van der Waals surface area contributed by atoms with Gasteiger partial charge in [-0.25, -0.2) is 0 Å². The highest BCUT2D eigenvalue weighted by Crippen LogP contribution is 2.05. The van der Waals surface area contributed by atoms with Crippen molar-refractivity contribution >= 4 is 10.8 Å². The lowest BCUT2D eigenvalue weighted by molar-refractivity contribution is -0.883. The Morgan fingerprint density at radius 3 is 2.91 bits per heavy atom. The maximum Gasteiger partial charge on any atom is 0.0914 e. The predicted octanol–water partition coefficient (Wildman–Crippen LogP) is -0.568. The highest BCUT2D eigenvalue weighted by molar-refractivity contribution is 7.85. The molecule has 0 bridgehead atoms. The monoisotopic (exact) mass is 176 g/mol. The van der Waals surface area contributed by atoms with E-state index in [1.807, 2.05) is 6.92 Å². The maximum atomic E-state index is 11.4. The van der Waals surface area contributed by atoms with E-state index in [1.165, 1.54) is 19.4 Å². The number of nitrogens with one attached hydrogen (secondary N) is 1. The van der Waals surface area contributed by atoms with Gasteiger partial charge < -0.3 is 4.90 Å². The Morgan fingerprint density at radius 1 is 1.64 bits per heavy atom. The third kappa shape index (κ3) is 2.56. The van der Waals surface area contributed by atoms with Gasteiger partial charge in [-0.2, -0.15) is 0 Å². The molecule has 1 saturated heterocycles. The smallest absolute Gasteiger partial charge is 0.0914 e. The summed E-state index contributed by atoms with van der Waals surface area (Å²) >= 11 is 0. The molecule has 0 radical (unpaired) electrons. The Labute approximate surface area is 71.4 Å². The molecule has 3 heteroatoms. The van der Waals surface area contributed by atoms with E-state index in [-0.39, 0.29) is 0 Å².